The molecule has 1 aromatic carbocycles. The number of ether oxygens (including phenoxy) is 1. The van der Waals surface area contributed by atoms with E-state index in [2.05, 4.69) is 20.6 Å². The Morgan fingerprint density at radius 1 is 1.30 bits per heavy atom. The van der Waals surface area contributed by atoms with Crippen molar-refractivity contribution in [2.75, 3.05) is 13.1 Å². The van der Waals surface area contributed by atoms with E-state index in [1.807, 2.05) is 6.07 Å². The van der Waals surface area contributed by atoms with Crippen LogP contribution in [0.4, 0.5) is 4.39 Å². The summed E-state index contributed by atoms with van der Waals surface area (Å²) in [6.45, 7) is 2.05. The van der Waals surface area contributed by atoms with E-state index in [9.17, 15) is 9.18 Å². The van der Waals surface area contributed by atoms with Gasteiger partial charge in [0.2, 0.25) is 0 Å². The van der Waals surface area contributed by atoms with Crippen LogP contribution in [0.5, 0.6) is 5.75 Å². The van der Waals surface area contributed by atoms with E-state index in [0.717, 1.165) is 25.1 Å². The van der Waals surface area contributed by atoms with E-state index in [0.29, 0.717) is 28.8 Å². The lowest BCUT2D eigenvalue weighted by molar-refractivity contribution is 0.0950. The van der Waals surface area contributed by atoms with Crippen LogP contribution in [0.2, 0.25) is 0 Å². The van der Waals surface area contributed by atoms with Crippen LogP contribution >= 0.6 is 0 Å². The number of pyridine rings is 2. The highest BCUT2D eigenvalue weighted by atomic mass is 19.1. The summed E-state index contributed by atoms with van der Waals surface area (Å²) in [6, 6.07) is 7.76. The maximum absolute atomic E-state index is 13.4. The van der Waals surface area contributed by atoms with Crippen LogP contribution < -0.4 is 15.4 Å². The van der Waals surface area contributed by atoms with Gasteiger partial charge in [-0.25, -0.2) is 4.39 Å². The molecule has 1 saturated heterocycles. The highest BCUT2D eigenvalue weighted by molar-refractivity contribution is 5.97. The highest BCUT2D eigenvalue weighted by Gasteiger charge is 2.18. The first-order valence-electron chi connectivity index (χ1n) is 8.83. The fourth-order valence-electron chi connectivity index (χ4n) is 3.07. The molecule has 3 heterocycles. The minimum absolute atomic E-state index is 0.114. The average Bonchev–Trinajstić information content (AvgIpc) is 3.19. The number of halogens is 1. The first-order chi connectivity index (χ1) is 13.2. The monoisotopic (exact) mass is 366 g/mol. The molecular formula is C20H19FN4O2. The van der Waals surface area contributed by atoms with Crippen molar-refractivity contribution in [3.63, 3.8) is 0 Å². The maximum atomic E-state index is 13.4. The summed E-state index contributed by atoms with van der Waals surface area (Å²) in [6.07, 6.45) is 5.88. The molecule has 0 spiro atoms. The zero-order valence-electron chi connectivity index (χ0n) is 14.6. The fourth-order valence-corrected chi connectivity index (χ4v) is 3.07. The molecule has 7 heteroatoms. The summed E-state index contributed by atoms with van der Waals surface area (Å²) in [4.78, 5) is 20.8. The Labute approximate surface area is 155 Å². The zero-order valence-corrected chi connectivity index (χ0v) is 14.6. The van der Waals surface area contributed by atoms with Gasteiger partial charge in [0, 0.05) is 36.4 Å². The highest BCUT2D eigenvalue weighted by Crippen LogP contribution is 2.20. The van der Waals surface area contributed by atoms with Gasteiger partial charge >= 0.3 is 0 Å². The van der Waals surface area contributed by atoms with Gasteiger partial charge in [-0.15, -0.1) is 0 Å². The third-order valence-corrected chi connectivity index (χ3v) is 4.52. The summed E-state index contributed by atoms with van der Waals surface area (Å²) in [5, 5.41) is 6.70. The third-order valence-electron chi connectivity index (χ3n) is 4.52. The lowest BCUT2D eigenvalue weighted by atomic mass is 10.1. The van der Waals surface area contributed by atoms with Crippen LogP contribution in [0.25, 0.3) is 10.9 Å². The first kappa shape index (κ1) is 17.4. The van der Waals surface area contributed by atoms with Gasteiger partial charge in [-0.2, -0.15) is 0 Å². The lowest BCUT2D eigenvalue weighted by Gasteiger charge is -2.16. The van der Waals surface area contributed by atoms with Gasteiger partial charge in [-0.05, 0) is 43.3 Å². The van der Waals surface area contributed by atoms with Gasteiger partial charge in [0.05, 0.1) is 17.3 Å². The Bertz CT molecular complexity index is 973. The molecule has 1 fully saturated rings. The van der Waals surface area contributed by atoms with E-state index in [1.165, 1.54) is 18.3 Å². The van der Waals surface area contributed by atoms with Crippen molar-refractivity contribution in [1.29, 1.82) is 0 Å². The normalized spacial score (nSPS) is 16.4. The smallest absolute Gasteiger partial charge is 0.253 e. The Morgan fingerprint density at radius 3 is 3.07 bits per heavy atom. The van der Waals surface area contributed by atoms with Crippen molar-refractivity contribution in [2.45, 2.75) is 19.1 Å². The number of amides is 1. The van der Waals surface area contributed by atoms with Crippen LogP contribution in [-0.2, 0) is 6.54 Å². The summed E-state index contributed by atoms with van der Waals surface area (Å²) < 4.78 is 19.4. The second kappa shape index (κ2) is 7.67. The van der Waals surface area contributed by atoms with Crippen molar-refractivity contribution in [3.8, 4) is 5.75 Å². The number of nitrogens with zero attached hydrogens (tertiary/aromatic N) is 2. The number of nitrogens with one attached hydrogen (secondary N) is 2. The molecule has 1 aliphatic rings. The quantitative estimate of drug-likeness (QED) is 0.725. The summed E-state index contributed by atoms with van der Waals surface area (Å²) in [7, 11) is 0. The number of carbonyl (C=O) groups excluding carboxylic acids is 1. The Balaban J connectivity index is 1.46. The van der Waals surface area contributed by atoms with E-state index >= 15 is 0 Å². The molecule has 0 unspecified atom stereocenters. The molecule has 0 bridgehead atoms. The summed E-state index contributed by atoms with van der Waals surface area (Å²) in [5.41, 5.74) is 1.87. The number of hydrogen-bond donors (Lipinski definition) is 2. The predicted molar refractivity (Wildman–Crippen MR) is 99.0 cm³/mol. The van der Waals surface area contributed by atoms with Gasteiger partial charge in [0.15, 0.2) is 0 Å². The SMILES string of the molecule is O=C(NCc1ccncc1O[C@H]1CCNC1)c1cnc2ccc(F)cc2c1. The van der Waals surface area contributed by atoms with Gasteiger partial charge in [-0.1, -0.05) is 0 Å². The molecule has 138 valence electrons. The maximum Gasteiger partial charge on any atom is 0.253 e. The van der Waals surface area contributed by atoms with Crippen LogP contribution in [0.15, 0.2) is 48.9 Å². The molecule has 0 aliphatic carbocycles. The van der Waals surface area contributed by atoms with Crippen LogP contribution in [-0.4, -0.2) is 35.1 Å². The van der Waals surface area contributed by atoms with E-state index < -0.39 is 0 Å². The molecule has 3 aromatic rings. The van der Waals surface area contributed by atoms with Crippen molar-refractivity contribution in [2.24, 2.45) is 0 Å². The molecule has 1 atom stereocenters. The largest absolute Gasteiger partial charge is 0.487 e. The molecule has 6 nitrogen and oxygen atoms in total. The summed E-state index contributed by atoms with van der Waals surface area (Å²) in [5.74, 6) is 0.0333. The van der Waals surface area contributed by atoms with Crippen LogP contribution in [0.3, 0.4) is 0 Å². The molecule has 27 heavy (non-hydrogen) atoms. The Morgan fingerprint density at radius 2 is 2.22 bits per heavy atom. The molecular weight excluding hydrogens is 347 g/mol. The predicted octanol–water partition coefficient (Wildman–Crippen LogP) is 2.44. The van der Waals surface area contributed by atoms with E-state index in [4.69, 9.17) is 4.74 Å². The average molecular weight is 366 g/mol. The fraction of sp³-hybridized carbons (Fsp3) is 0.250. The van der Waals surface area contributed by atoms with Crippen molar-refractivity contribution >= 4 is 16.8 Å². The van der Waals surface area contributed by atoms with Gasteiger partial charge in [0.1, 0.15) is 17.7 Å². The van der Waals surface area contributed by atoms with E-state index in [1.54, 1.807) is 24.5 Å². The standard InChI is InChI=1S/C20H19FN4O2/c21-16-1-2-18-14(8-16)7-15(10-24-18)20(26)25-9-13-3-5-23-12-19(13)27-17-4-6-22-11-17/h1-3,5,7-8,10,12,17,22H,4,6,9,11H2,(H,25,26)/t17-/m0/s1. The molecule has 2 aromatic heterocycles. The van der Waals surface area contributed by atoms with Gasteiger partial charge in [0.25, 0.3) is 5.91 Å². The van der Waals surface area contributed by atoms with Crippen molar-refractivity contribution < 1.29 is 13.9 Å². The topological polar surface area (TPSA) is 76.1 Å². The van der Waals surface area contributed by atoms with Crippen LogP contribution in [0.1, 0.15) is 22.3 Å². The molecule has 0 saturated carbocycles. The lowest BCUT2D eigenvalue weighted by Crippen LogP contribution is -2.24. The number of carbonyl (C=O) groups is 1. The molecule has 2 N–H and O–H groups in total. The second-order valence-electron chi connectivity index (χ2n) is 6.46. The van der Waals surface area contributed by atoms with Crippen LogP contribution in [0, 0.1) is 5.82 Å². The van der Waals surface area contributed by atoms with Gasteiger partial charge < -0.3 is 15.4 Å². The van der Waals surface area contributed by atoms with Gasteiger partial charge in [-0.3, -0.25) is 14.8 Å². The third kappa shape index (κ3) is 4.03. The Kier molecular flexibility index (Phi) is 4.93. The van der Waals surface area contributed by atoms with Crippen molar-refractivity contribution in [3.05, 3.63) is 65.9 Å². The minimum Gasteiger partial charge on any atom is -0.487 e. The summed E-state index contributed by atoms with van der Waals surface area (Å²) >= 11 is 0. The molecule has 1 aliphatic heterocycles. The second-order valence-corrected chi connectivity index (χ2v) is 6.46. The molecule has 1 amide bonds. The van der Waals surface area contributed by atoms with Crippen molar-refractivity contribution in [1.82, 2.24) is 20.6 Å². The number of hydrogen-bond acceptors (Lipinski definition) is 5. The number of fused-ring (bicyclic) bond motifs is 1. The number of aromatic nitrogens is 2. The number of rotatable bonds is 5. The van der Waals surface area contributed by atoms with E-state index in [-0.39, 0.29) is 17.8 Å². The Hall–Kier alpha value is -3.06. The minimum atomic E-state index is -0.359. The number of benzene rings is 1. The zero-order chi connectivity index (χ0) is 18.6. The molecule has 4 rings (SSSR count). The first-order valence-corrected chi connectivity index (χ1v) is 8.83. The molecule has 0 radical (unpaired) electrons.